The number of carbonyl (C=O) groups is 5. The molecule has 12 heteroatoms. The number of hydrogen-bond donors (Lipinski definition) is 0. The summed E-state index contributed by atoms with van der Waals surface area (Å²) in [5.41, 5.74) is 0. The number of Topliss-reactive ketones (excluding diaryl/α,β-unsaturated/α-hetero) is 1. The van der Waals surface area contributed by atoms with E-state index in [4.69, 9.17) is 14.3 Å². The maximum Gasteiger partial charge on any atom is 0.333 e. The Labute approximate surface area is 202 Å². The average molecular weight is 507 g/mol. The summed E-state index contributed by atoms with van der Waals surface area (Å²) in [7, 11) is 7.83. The molecule has 1 aliphatic heterocycles. The topological polar surface area (TPSA) is 120 Å². The van der Waals surface area contributed by atoms with Gasteiger partial charge in [0.25, 0.3) is 11.8 Å². The van der Waals surface area contributed by atoms with Crippen molar-refractivity contribution in [3.63, 3.8) is 0 Å². The summed E-state index contributed by atoms with van der Waals surface area (Å²) in [5, 5.41) is 0.549. The molecule has 1 aliphatic rings. The minimum Gasteiger partial charge on any atom is -0.383 e. The predicted octanol–water partition coefficient (Wildman–Crippen LogP) is 2.00. The highest BCUT2D eigenvalue weighted by Crippen LogP contribution is 2.40. The number of carbonyl (C=O) groups excluding carboxylic acids is 5. The largest absolute Gasteiger partial charge is 0.383 e. The van der Waals surface area contributed by atoms with Crippen LogP contribution in [0.5, 0.6) is 0 Å². The van der Waals surface area contributed by atoms with E-state index in [1.807, 2.05) is 0 Å². The lowest BCUT2D eigenvalue weighted by Crippen LogP contribution is -2.41. The molecule has 0 unspecified atom stereocenters. The van der Waals surface area contributed by atoms with Crippen molar-refractivity contribution >= 4 is 51.1 Å². The summed E-state index contributed by atoms with van der Waals surface area (Å²) in [6, 6.07) is -0.482. The minimum atomic E-state index is -0.627. The molecule has 33 heavy (non-hydrogen) atoms. The van der Waals surface area contributed by atoms with Gasteiger partial charge in [0.15, 0.2) is 5.78 Å². The van der Waals surface area contributed by atoms with Gasteiger partial charge in [-0.3, -0.25) is 19.2 Å². The number of ketones is 1. The Bertz CT molecular complexity index is 696. The third kappa shape index (κ3) is 9.63. The first kappa shape index (κ1) is 29.4. The normalized spacial score (nSPS) is 15.0. The zero-order valence-electron chi connectivity index (χ0n) is 19.9. The summed E-state index contributed by atoms with van der Waals surface area (Å²) in [6.45, 7) is 3.87. The summed E-state index contributed by atoms with van der Waals surface area (Å²) < 4.78 is 10.3. The van der Waals surface area contributed by atoms with E-state index >= 15 is 0 Å². The van der Waals surface area contributed by atoms with Crippen molar-refractivity contribution in [2.75, 3.05) is 40.2 Å². The van der Waals surface area contributed by atoms with Gasteiger partial charge in [-0.2, -0.15) is 0 Å². The number of nitrogens with zero attached hydrogens (tertiary/aromatic N) is 2. The molecule has 188 valence electrons. The molecule has 1 heterocycles. The highest BCUT2D eigenvalue weighted by atomic mass is 33.1. The molecule has 0 aromatic heterocycles. The maximum atomic E-state index is 12.6. The van der Waals surface area contributed by atoms with E-state index < -0.39 is 28.6 Å². The zero-order chi connectivity index (χ0) is 25.0. The number of likely N-dealkylation sites (N-methyl/N-ethyl adjacent to an activating group) is 1. The molecule has 0 radical (unpaired) electrons. The van der Waals surface area contributed by atoms with Crippen LogP contribution in [0.4, 0.5) is 0 Å². The molecule has 1 saturated heterocycles. The Hall–Kier alpha value is -1.63. The number of ether oxygens (including phenoxy) is 2. The molecule has 0 spiro atoms. The van der Waals surface area contributed by atoms with Crippen LogP contribution in [-0.4, -0.2) is 90.5 Å². The first-order valence-electron chi connectivity index (χ1n) is 10.7. The highest BCUT2D eigenvalue weighted by Gasteiger charge is 2.34. The number of hydroxylamine groups is 2. The number of imide groups is 1. The van der Waals surface area contributed by atoms with Gasteiger partial charge < -0.3 is 19.2 Å². The monoisotopic (exact) mass is 506 g/mol. The van der Waals surface area contributed by atoms with E-state index in [0.717, 1.165) is 0 Å². The number of rotatable bonds is 16. The van der Waals surface area contributed by atoms with Crippen LogP contribution < -0.4 is 0 Å². The van der Waals surface area contributed by atoms with Gasteiger partial charge in [-0.25, -0.2) is 4.79 Å². The van der Waals surface area contributed by atoms with Crippen molar-refractivity contribution < 1.29 is 38.3 Å². The van der Waals surface area contributed by atoms with Crippen molar-refractivity contribution in [2.24, 2.45) is 0 Å². The van der Waals surface area contributed by atoms with Gasteiger partial charge in [-0.1, -0.05) is 21.6 Å². The van der Waals surface area contributed by atoms with E-state index in [0.29, 0.717) is 36.9 Å². The first-order valence-corrected chi connectivity index (χ1v) is 13.0. The zero-order valence-corrected chi connectivity index (χ0v) is 21.6. The SMILES string of the molecule is COCC(CCC(=O)N(C)[C@@H](C)C(C)=O)(COC)SSCCCC(=O)ON1C(=O)CCC1=O. The lowest BCUT2D eigenvalue weighted by Gasteiger charge is -2.32. The van der Waals surface area contributed by atoms with Gasteiger partial charge in [0.1, 0.15) is 0 Å². The fourth-order valence-electron chi connectivity index (χ4n) is 3.05. The standard InChI is InChI=1S/C21H34N2O8S2/c1-15(16(2)24)22(3)17(25)10-11-21(13-29-4,14-30-5)33-32-12-6-7-20(28)31-23-18(26)8-9-19(23)27/h15H,6-14H2,1-5H3/t15-/m0/s1. The molecule has 0 aromatic carbocycles. The molecule has 0 aromatic rings. The van der Waals surface area contributed by atoms with Gasteiger partial charge in [0.05, 0.1) is 24.0 Å². The van der Waals surface area contributed by atoms with Crippen LogP contribution in [0.15, 0.2) is 0 Å². The lowest BCUT2D eigenvalue weighted by molar-refractivity contribution is -0.197. The van der Waals surface area contributed by atoms with E-state index in [-0.39, 0.29) is 37.4 Å². The Morgan fingerprint density at radius 1 is 1.09 bits per heavy atom. The highest BCUT2D eigenvalue weighted by molar-refractivity contribution is 8.77. The Kier molecular flexibility index (Phi) is 13.0. The Balaban J connectivity index is 2.52. The van der Waals surface area contributed by atoms with Gasteiger partial charge >= 0.3 is 5.97 Å². The molecule has 0 aliphatic carbocycles. The van der Waals surface area contributed by atoms with E-state index in [2.05, 4.69) is 0 Å². The molecule has 1 atom stereocenters. The summed E-state index contributed by atoms with van der Waals surface area (Å²) in [4.78, 5) is 65.3. The van der Waals surface area contributed by atoms with Crippen LogP contribution in [0.2, 0.25) is 0 Å². The van der Waals surface area contributed by atoms with Crippen LogP contribution >= 0.6 is 21.6 Å². The van der Waals surface area contributed by atoms with Crippen LogP contribution in [0.3, 0.4) is 0 Å². The molecular weight excluding hydrogens is 472 g/mol. The van der Waals surface area contributed by atoms with Gasteiger partial charge in [-0.15, -0.1) is 5.06 Å². The molecule has 1 rings (SSSR count). The average Bonchev–Trinajstić information content (AvgIpc) is 3.08. The Morgan fingerprint density at radius 2 is 1.67 bits per heavy atom. The molecule has 0 saturated carbocycles. The van der Waals surface area contributed by atoms with Crippen molar-refractivity contribution in [3.05, 3.63) is 0 Å². The smallest absolute Gasteiger partial charge is 0.333 e. The number of amides is 3. The number of methoxy groups -OCH3 is 2. The fraction of sp³-hybridized carbons (Fsp3) is 0.762. The molecule has 3 amide bonds. The third-order valence-corrected chi connectivity index (χ3v) is 8.50. The molecule has 0 N–H and O–H groups in total. The third-order valence-electron chi connectivity index (χ3n) is 5.22. The summed E-state index contributed by atoms with van der Waals surface area (Å²) in [5.74, 6) is -1.23. The van der Waals surface area contributed by atoms with Crippen LogP contribution in [0, 0.1) is 0 Å². The van der Waals surface area contributed by atoms with Crippen molar-refractivity contribution in [1.82, 2.24) is 9.96 Å². The number of hydrogen-bond acceptors (Lipinski definition) is 10. The molecule has 10 nitrogen and oxygen atoms in total. The summed E-state index contributed by atoms with van der Waals surface area (Å²) in [6.07, 6.45) is 1.40. The van der Waals surface area contributed by atoms with E-state index in [1.165, 1.54) is 33.4 Å². The quantitative estimate of drug-likeness (QED) is 0.175. The second-order valence-corrected chi connectivity index (χ2v) is 10.8. The molecular formula is C21H34N2O8S2. The van der Waals surface area contributed by atoms with Gasteiger partial charge in [0, 0.05) is 52.7 Å². The van der Waals surface area contributed by atoms with E-state index in [9.17, 15) is 24.0 Å². The van der Waals surface area contributed by atoms with Crippen molar-refractivity contribution in [1.29, 1.82) is 0 Å². The van der Waals surface area contributed by atoms with Crippen LogP contribution in [0.25, 0.3) is 0 Å². The van der Waals surface area contributed by atoms with Crippen LogP contribution in [0.1, 0.15) is 52.4 Å². The van der Waals surface area contributed by atoms with E-state index in [1.54, 1.807) is 28.2 Å². The van der Waals surface area contributed by atoms with Crippen LogP contribution in [-0.2, 0) is 38.3 Å². The van der Waals surface area contributed by atoms with Crippen molar-refractivity contribution in [2.45, 2.75) is 63.2 Å². The summed E-state index contributed by atoms with van der Waals surface area (Å²) >= 11 is 0. The maximum absolute atomic E-state index is 12.6. The fourth-order valence-corrected chi connectivity index (χ4v) is 6.05. The Morgan fingerprint density at radius 3 is 2.18 bits per heavy atom. The second kappa shape index (κ2) is 14.6. The van der Waals surface area contributed by atoms with Crippen molar-refractivity contribution in [3.8, 4) is 0 Å². The first-order chi connectivity index (χ1) is 15.6. The second-order valence-electron chi connectivity index (χ2n) is 7.89. The van der Waals surface area contributed by atoms with Gasteiger partial charge in [0.2, 0.25) is 5.91 Å². The molecule has 0 bridgehead atoms. The molecule has 1 fully saturated rings. The predicted molar refractivity (Wildman–Crippen MR) is 125 cm³/mol. The van der Waals surface area contributed by atoms with Gasteiger partial charge in [-0.05, 0) is 26.7 Å². The minimum absolute atomic E-state index is 0.0612. The lowest BCUT2D eigenvalue weighted by atomic mass is 10.0.